The maximum Gasteiger partial charge on any atom is 0.458 e. The highest BCUT2D eigenvalue weighted by Crippen LogP contribution is 2.46. The van der Waals surface area contributed by atoms with Crippen LogP contribution in [0.25, 0.3) is 0 Å². The molecule has 0 aliphatic carbocycles. The Morgan fingerprint density at radius 3 is 1.84 bits per heavy atom. The third-order valence-electron chi connectivity index (χ3n) is 5.95. The van der Waals surface area contributed by atoms with Gasteiger partial charge in [0.15, 0.2) is 0 Å². The third kappa shape index (κ3) is 6.70. The van der Waals surface area contributed by atoms with E-state index in [-0.39, 0.29) is 5.92 Å². The molecular weight excluding hydrogens is 417 g/mol. The van der Waals surface area contributed by atoms with Crippen molar-refractivity contribution in [1.29, 1.82) is 0 Å². The number of benzene rings is 2. The first-order valence-corrected chi connectivity index (χ1v) is 13.4. The molecular formula is C27H42NO3P. The number of hydrogen-bond donors (Lipinski definition) is 1. The van der Waals surface area contributed by atoms with Gasteiger partial charge in [-0.3, -0.25) is 4.52 Å². The molecule has 32 heavy (non-hydrogen) atoms. The number of nitrogens with one attached hydrogen (secondary N) is 1. The summed E-state index contributed by atoms with van der Waals surface area (Å²) in [4.78, 5) is 0. The highest BCUT2D eigenvalue weighted by atomic mass is 31.2. The summed E-state index contributed by atoms with van der Waals surface area (Å²) in [6.45, 7) is 17.9. The highest BCUT2D eigenvalue weighted by Gasteiger charge is 2.27. The van der Waals surface area contributed by atoms with Crippen LogP contribution in [0.5, 0.6) is 5.75 Å². The van der Waals surface area contributed by atoms with Gasteiger partial charge in [0.1, 0.15) is 5.75 Å². The molecule has 0 aliphatic heterocycles. The lowest BCUT2D eigenvalue weighted by Gasteiger charge is -2.23. The predicted molar refractivity (Wildman–Crippen MR) is 136 cm³/mol. The smallest absolute Gasteiger partial charge is 0.413 e. The van der Waals surface area contributed by atoms with Crippen LogP contribution in [0.15, 0.2) is 36.4 Å². The summed E-state index contributed by atoms with van der Waals surface area (Å²) in [6.07, 6.45) is 0.766. The van der Waals surface area contributed by atoms with Crippen molar-refractivity contribution in [2.24, 2.45) is 0 Å². The second-order valence-electron chi connectivity index (χ2n) is 9.76. The molecule has 178 valence electrons. The van der Waals surface area contributed by atoms with Crippen molar-refractivity contribution in [2.75, 3.05) is 13.7 Å². The first-order valence-electron chi connectivity index (χ1n) is 11.8. The van der Waals surface area contributed by atoms with Gasteiger partial charge < -0.3 is 4.52 Å². The van der Waals surface area contributed by atoms with Crippen molar-refractivity contribution in [1.82, 2.24) is 5.09 Å². The molecule has 0 spiro atoms. The molecule has 0 aromatic heterocycles. The Bertz CT molecular complexity index is 908. The van der Waals surface area contributed by atoms with Crippen molar-refractivity contribution >= 4 is 7.75 Å². The second kappa shape index (κ2) is 11.5. The lowest BCUT2D eigenvalue weighted by atomic mass is 9.87. The van der Waals surface area contributed by atoms with E-state index in [1.807, 2.05) is 12.1 Å². The molecule has 2 aromatic rings. The van der Waals surface area contributed by atoms with Gasteiger partial charge in [-0.1, -0.05) is 85.7 Å². The minimum absolute atomic E-state index is 0.250. The third-order valence-corrected chi connectivity index (χ3v) is 7.48. The molecule has 1 atom stereocenters. The topological polar surface area (TPSA) is 47.6 Å². The van der Waals surface area contributed by atoms with Crippen LogP contribution in [-0.2, 0) is 15.5 Å². The Morgan fingerprint density at radius 1 is 0.812 bits per heavy atom. The molecule has 0 saturated heterocycles. The van der Waals surface area contributed by atoms with Crippen molar-refractivity contribution in [3.8, 4) is 5.75 Å². The standard InChI is InChI=1S/C27H42NO3P/c1-18(2)22-13-14-27(26(17-22)21(7)8)31-32(29,30-9)28-16-15-25-23(19(3)4)11-10-12-24(25)20(5)6/h10-14,17-21H,15-16H2,1-9H3,(H,28,29). The van der Waals surface area contributed by atoms with Crippen LogP contribution >= 0.6 is 7.75 Å². The lowest BCUT2D eigenvalue weighted by molar-refractivity contribution is 0.308. The van der Waals surface area contributed by atoms with Gasteiger partial charge in [0.2, 0.25) is 0 Å². The Kier molecular flexibility index (Phi) is 9.57. The molecule has 0 radical (unpaired) electrons. The van der Waals surface area contributed by atoms with Crippen LogP contribution in [0.2, 0.25) is 0 Å². The Morgan fingerprint density at radius 2 is 1.38 bits per heavy atom. The fourth-order valence-electron chi connectivity index (χ4n) is 4.04. The van der Waals surface area contributed by atoms with E-state index in [0.717, 1.165) is 12.0 Å². The van der Waals surface area contributed by atoms with E-state index in [4.69, 9.17) is 9.05 Å². The van der Waals surface area contributed by atoms with Crippen LogP contribution in [0.4, 0.5) is 0 Å². The summed E-state index contributed by atoms with van der Waals surface area (Å²) >= 11 is 0. The van der Waals surface area contributed by atoms with Crippen LogP contribution in [0, 0.1) is 0 Å². The van der Waals surface area contributed by atoms with Crippen molar-refractivity contribution in [3.63, 3.8) is 0 Å². The fourth-order valence-corrected chi connectivity index (χ4v) is 5.11. The van der Waals surface area contributed by atoms with E-state index in [1.54, 1.807) is 0 Å². The molecule has 0 bridgehead atoms. The summed E-state index contributed by atoms with van der Waals surface area (Å²) in [5.41, 5.74) is 6.31. The Labute approximate surface area is 195 Å². The number of hydrogen-bond acceptors (Lipinski definition) is 3. The average Bonchev–Trinajstić information content (AvgIpc) is 2.73. The van der Waals surface area contributed by atoms with Crippen molar-refractivity contribution in [2.45, 2.75) is 85.5 Å². The van der Waals surface area contributed by atoms with Gasteiger partial charge in [-0.2, -0.15) is 0 Å². The van der Waals surface area contributed by atoms with Crippen LogP contribution < -0.4 is 9.61 Å². The summed E-state index contributed by atoms with van der Waals surface area (Å²) in [5.74, 6) is 2.16. The van der Waals surface area contributed by atoms with Gasteiger partial charge in [-0.05, 0) is 64.0 Å². The van der Waals surface area contributed by atoms with Gasteiger partial charge in [0.25, 0.3) is 0 Å². The molecule has 2 rings (SSSR count). The van der Waals surface area contributed by atoms with Gasteiger partial charge in [-0.25, -0.2) is 9.65 Å². The molecule has 2 aromatic carbocycles. The van der Waals surface area contributed by atoms with Crippen molar-refractivity contribution < 1.29 is 13.6 Å². The Balaban J connectivity index is 2.22. The van der Waals surface area contributed by atoms with Gasteiger partial charge >= 0.3 is 7.75 Å². The molecule has 0 saturated carbocycles. The minimum atomic E-state index is -3.49. The van der Waals surface area contributed by atoms with E-state index >= 15 is 0 Å². The summed E-state index contributed by atoms with van der Waals surface area (Å²) in [5, 5.41) is 3.09. The van der Waals surface area contributed by atoms with Gasteiger partial charge in [0, 0.05) is 13.7 Å². The maximum atomic E-state index is 13.4. The minimum Gasteiger partial charge on any atom is -0.413 e. The first-order chi connectivity index (χ1) is 15.0. The zero-order chi connectivity index (χ0) is 24.1. The summed E-state index contributed by atoms with van der Waals surface area (Å²) in [7, 11) is -2.05. The molecule has 0 aliphatic rings. The number of rotatable bonds is 11. The monoisotopic (exact) mass is 459 g/mol. The zero-order valence-electron chi connectivity index (χ0n) is 21.4. The molecule has 0 fully saturated rings. The van der Waals surface area contributed by atoms with Crippen LogP contribution in [0.1, 0.15) is 107 Å². The van der Waals surface area contributed by atoms with E-state index in [2.05, 4.69) is 84.7 Å². The average molecular weight is 460 g/mol. The fraction of sp³-hybridized carbons (Fsp3) is 0.556. The molecule has 1 N–H and O–H groups in total. The lowest BCUT2D eigenvalue weighted by Crippen LogP contribution is -2.20. The normalized spacial score (nSPS) is 13.9. The van der Waals surface area contributed by atoms with Gasteiger partial charge in [0.05, 0.1) is 0 Å². The maximum absolute atomic E-state index is 13.4. The van der Waals surface area contributed by atoms with E-state index < -0.39 is 7.75 Å². The summed E-state index contributed by atoms with van der Waals surface area (Å²) in [6, 6.07) is 12.6. The predicted octanol–water partition coefficient (Wildman–Crippen LogP) is 8.15. The quantitative estimate of drug-likeness (QED) is 0.344. The van der Waals surface area contributed by atoms with Crippen molar-refractivity contribution in [3.05, 3.63) is 64.2 Å². The van der Waals surface area contributed by atoms with E-state index in [1.165, 1.54) is 29.4 Å². The van der Waals surface area contributed by atoms with Crippen LogP contribution in [0.3, 0.4) is 0 Å². The van der Waals surface area contributed by atoms with E-state index in [9.17, 15) is 4.57 Å². The molecule has 5 heteroatoms. The van der Waals surface area contributed by atoms with Crippen LogP contribution in [-0.4, -0.2) is 13.7 Å². The molecule has 4 nitrogen and oxygen atoms in total. The van der Waals surface area contributed by atoms with E-state index in [0.29, 0.717) is 30.0 Å². The molecule has 0 amide bonds. The van der Waals surface area contributed by atoms with Gasteiger partial charge in [-0.15, -0.1) is 0 Å². The summed E-state index contributed by atoms with van der Waals surface area (Å²) < 4.78 is 24.8. The Hall–Kier alpha value is -1.61. The highest BCUT2D eigenvalue weighted by molar-refractivity contribution is 7.52. The first kappa shape index (κ1) is 26.6. The molecule has 0 heterocycles. The zero-order valence-corrected chi connectivity index (χ0v) is 22.3. The SMILES string of the molecule is COP(=O)(NCCc1c(C(C)C)cccc1C(C)C)Oc1ccc(C(C)C)cc1C(C)C. The second-order valence-corrected chi connectivity index (χ2v) is 11.6. The molecule has 1 unspecified atom stereocenters. The largest absolute Gasteiger partial charge is 0.458 e.